The van der Waals surface area contributed by atoms with Gasteiger partial charge in [0, 0.05) is 30.6 Å². The van der Waals surface area contributed by atoms with Gasteiger partial charge in [-0.15, -0.1) is 0 Å². The number of carboxylic acids is 1. The summed E-state index contributed by atoms with van der Waals surface area (Å²) in [6.45, 7) is 2.02. The topological polar surface area (TPSA) is 102 Å². The van der Waals surface area contributed by atoms with Gasteiger partial charge in [0.05, 0.1) is 36.3 Å². The number of carboxylic acid groups (broad SMARTS) is 1. The lowest BCUT2D eigenvalue weighted by Crippen LogP contribution is -2.51. The fourth-order valence-corrected chi connectivity index (χ4v) is 9.18. The van der Waals surface area contributed by atoms with Gasteiger partial charge in [-0.3, -0.25) is 4.18 Å². The summed E-state index contributed by atoms with van der Waals surface area (Å²) >= 11 is 6.40. The van der Waals surface area contributed by atoms with Crippen molar-refractivity contribution in [2.24, 2.45) is 17.8 Å². The summed E-state index contributed by atoms with van der Waals surface area (Å²) in [4.78, 5) is 14.4. The fourth-order valence-electron chi connectivity index (χ4n) is 8.32. The Kier molecular flexibility index (Phi) is 8.72. The Morgan fingerprint density at radius 1 is 1.16 bits per heavy atom. The lowest BCUT2D eigenvalue weighted by atomic mass is 9.65. The highest BCUT2D eigenvalue weighted by atomic mass is 35.5. The minimum absolute atomic E-state index is 0.0178. The highest BCUT2D eigenvalue weighted by molar-refractivity contribution is 7.86. The van der Waals surface area contributed by atoms with Crippen LogP contribution in [0.3, 0.4) is 0 Å². The van der Waals surface area contributed by atoms with Crippen LogP contribution in [-0.2, 0) is 30.9 Å². The molecule has 4 aliphatic rings. The molecule has 10 heteroatoms. The predicted molar refractivity (Wildman–Crippen MR) is 166 cm³/mol. The van der Waals surface area contributed by atoms with Crippen LogP contribution in [0.15, 0.2) is 36.4 Å². The van der Waals surface area contributed by atoms with Crippen LogP contribution in [0.2, 0.25) is 5.02 Å². The van der Waals surface area contributed by atoms with Crippen molar-refractivity contribution >= 4 is 33.4 Å². The minimum atomic E-state index is -3.51. The molecule has 2 unspecified atom stereocenters. The van der Waals surface area contributed by atoms with Crippen LogP contribution >= 0.6 is 11.6 Å². The van der Waals surface area contributed by atoms with E-state index in [2.05, 4.69) is 17.0 Å². The predicted octanol–water partition coefficient (Wildman–Crippen LogP) is 6.09. The van der Waals surface area contributed by atoms with E-state index in [-0.39, 0.29) is 29.1 Å². The van der Waals surface area contributed by atoms with Crippen molar-refractivity contribution in [3.63, 3.8) is 0 Å². The first-order valence-corrected chi connectivity index (χ1v) is 17.7. The van der Waals surface area contributed by atoms with Gasteiger partial charge in [0.1, 0.15) is 5.75 Å². The molecule has 1 aliphatic heterocycles. The Labute approximate surface area is 259 Å². The lowest BCUT2D eigenvalue weighted by Gasteiger charge is -2.48. The summed E-state index contributed by atoms with van der Waals surface area (Å²) in [6, 6.07) is 11.4. The highest BCUT2D eigenvalue weighted by Crippen LogP contribution is 2.48. The summed E-state index contributed by atoms with van der Waals surface area (Å²) in [5, 5.41) is 10.6. The van der Waals surface area contributed by atoms with Crippen LogP contribution in [0.5, 0.6) is 5.75 Å². The van der Waals surface area contributed by atoms with Crippen molar-refractivity contribution in [3.05, 3.63) is 58.1 Å². The van der Waals surface area contributed by atoms with Gasteiger partial charge in [0.15, 0.2) is 0 Å². The third-order valence-electron chi connectivity index (χ3n) is 10.4. The SMILES string of the molecule is COC([C@@H]1CCC[C@H](OS(C)(=O)=O)C1)[C@@H]1CC[C@H]1CN1CC2(CCCc3cc(Cl)ccc32)COc2ccc(C(=O)O)cc21. The maximum Gasteiger partial charge on any atom is 0.335 e. The molecule has 1 heterocycles. The summed E-state index contributed by atoms with van der Waals surface area (Å²) < 4.78 is 41.7. The summed E-state index contributed by atoms with van der Waals surface area (Å²) in [6.07, 6.45) is 9.31. The smallest absolute Gasteiger partial charge is 0.335 e. The molecule has 43 heavy (non-hydrogen) atoms. The average Bonchev–Trinajstić information content (AvgIpc) is 3.10. The summed E-state index contributed by atoms with van der Waals surface area (Å²) in [7, 11) is -1.74. The third kappa shape index (κ3) is 6.42. The number of carbonyl (C=O) groups is 1. The zero-order chi connectivity index (χ0) is 30.4. The number of hydrogen-bond acceptors (Lipinski definition) is 7. The maximum atomic E-state index is 12.0. The quantitative estimate of drug-likeness (QED) is 0.350. The number of methoxy groups -OCH3 is 1. The number of rotatable bonds is 8. The van der Waals surface area contributed by atoms with Crippen molar-refractivity contribution in [2.75, 3.05) is 38.0 Å². The number of aromatic carboxylic acids is 1. The van der Waals surface area contributed by atoms with Crippen LogP contribution < -0.4 is 9.64 Å². The number of hydrogen-bond donors (Lipinski definition) is 1. The van der Waals surface area contributed by atoms with Crippen molar-refractivity contribution < 1.29 is 32.0 Å². The van der Waals surface area contributed by atoms with Crippen molar-refractivity contribution in [1.82, 2.24) is 0 Å². The van der Waals surface area contributed by atoms with E-state index >= 15 is 0 Å². The van der Waals surface area contributed by atoms with Crippen LogP contribution in [-0.4, -0.2) is 64.8 Å². The Morgan fingerprint density at radius 3 is 2.72 bits per heavy atom. The number of nitrogens with zero attached hydrogens (tertiary/aromatic N) is 1. The molecule has 2 saturated carbocycles. The molecule has 2 aromatic carbocycles. The van der Waals surface area contributed by atoms with Gasteiger partial charge in [-0.25, -0.2) is 4.79 Å². The number of fused-ring (bicyclic) bond motifs is 3. The van der Waals surface area contributed by atoms with Crippen molar-refractivity contribution in [2.45, 2.75) is 75.4 Å². The second-order valence-electron chi connectivity index (χ2n) is 13.1. The molecule has 0 amide bonds. The normalized spacial score (nSPS) is 29.5. The number of benzene rings is 2. The van der Waals surface area contributed by atoms with Crippen LogP contribution in [0.1, 0.15) is 72.9 Å². The van der Waals surface area contributed by atoms with Crippen molar-refractivity contribution in [1.29, 1.82) is 0 Å². The molecule has 234 valence electrons. The first kappa shape index (κ1) is 30.7. The highest BCUT2D eigenvalue weighted by Gasteiger charge is 2.46. The maximum absolute atomic E-state index is 12.0. The molecular weight excluding hydrogens is 590 g/mol. The Morgan fingerprint density at radius 2 is 2.00 bits per heavy atom. The summed E-state index contributed by atoms with van der Waals surface area (Å²) in [5.41, 5.74) is 3.39. The average molecular weight is 632 g/mol. The molecule has 0 bridgehead atoms. The summed E-state index contributed by atoms with van der Waals surface area (Å²) in [5.74, 6) is 0.679. The van der Waals surface area contributed by atoms with Crippen LogP contribution in [0.25, 0.3) is 0 Å². The molecule has 1 N–H and O–H groups in total. The number of halogens is 1. The molecule has 2 aromatic rings. The molecule has 3 aliphatic carbocycles. The molecule has 0 radical (unpaired) electrons. The lowest BCUT2D eigenvalue weighted by molar-refractivity contribution is -0.0693. The van der Waals surface area contributed by atoms with Gasteiger partial charge in [-0.1, -0.05) is 24.1 Å². The molecule has 1 spiro atoms. The van der Waals surface area contributed by atoms with Crippen LogP contribution in [0.4, 0.5) is 5.69 Å². The third-order valence-corrected chi connectivity index (χ3v) is 11.2. The van der Waals surface area contributed by atoms with E-state index in [1.807, 2.05) is 6.07 Å². The van der Waals surface area contributed by atoms with E-state index in [4.69, 9.17) is 25.3 Å². The number of anilines is 1. The van der Waals surface area contributed by atoms with Gasteiger partial charge in [0.25, 0.3) is 10.1 Å². The van der Waals surface area contributed by atoms with E-state index in [9.17, 15) is 18.3 Å². The Balaban J connectivity index is 1.28. The monoisotopic (exact) mass is 631 g/mol. The fraction of sp³-hybridized carbons (Fsp3) is 0.606. The standard InChI is InChI=1S/C33H42ClNO7S/c1-40-31(22-5-3-7-26(16-22)42-43(2,38)39)27-11-8-24(27)18-35-19-33(14-4-6-21-15-25(34)10-12-28(21)33)20-41-30-13-9-23(32(36)37)17-29(30)35/h9-10,12-13,15,17,22,24,26-27,31H,3-8,11,14,16,18-20H2,1-2H3,(H,36,37)/t22-,24+,26+,27-,31?,33?/m1/s1. The van der Waals surface area contributed by atoms with Crippen LogP contribution in [0, 0.1) is 17.8 Å². The van der Waals surface area contributed by atoms with Gasteiger partial charge < -0.3 is 19.5 Å². The first-order chi connectivity index (χ1) is 20.5. The molecule has 0 saturated heterocycles. The second kappa shape index (κ2) is 12.2. The van der Waals surface area contributed by atoms with E-state index in [0.29, 0.717) is 24.9 Å². The second-order valence-corrected chi connectivity index (χ2v) is 15.2. The van der Waals surface area contributed by atoms with Crippen molar-refractivity contribution in [3.8, 4) is 5.75 Å². The molecule has 2 fully saturated rings. The van der Waals surface area contributed by atoms with Gasteiger partial charge >= 0.3 is 5.97 Å². The molecule has 8 nitrogen and oxygen atoms in total. The molecular formula is C33H42ClNO7S. The van der Waals surface area contributed by atoms with Gasteiger partial charge in [-0.05, 0) is 111 Å². The molecule has 0 aromatic heterocycles. The zero-order valence-electron chi connectivity index (χ0n) is 25.0. The Hall–Kier alpha value is -2.33. The number of aryl methyl sites for hydroxylation is 1. The first-order valence-electron chi connectivity index (χ1n) is 15.5. The van der Waals surface area contributed by atoms with E-state index in [1.54, 1.807) is 25.3 Å². The van der Waals surface area contributed by atoms with E-state index in [1.165, 1.54) is 11.1 Å². The zero-order valence-corrected chi connectivity index (χ0v) is 26.5. The molecule has 6 rings (SSSR count). The minimum Gasteiger partial charge on any atom is -0.490 e. The Bertz CT molecular complexity index is 1470. The van der Waals surface area contributed by atoms with Gasteiger partial charge in [-0.2, -0.15) is 8.42 Å². The van der Waals surface area contributed by atoms with E-state index < -0.39 is 16.1 Å². The number of ether oxygens (including phenoxy) is 2. The van der Waals surface area contributed by atoms with Gasteiger partial charge in [0.2, 0.25) is 0 Å². The molecule has 6 atom stereocenters. The van der Waals surface area contributed by atoms with E-state index in [0.717, 1.165) is 87.2 Å². The largest absolute Gasteiger partial charge is 0.490 e.